The molecule has 0 bridgehead atoms. The molecule has 1 amide bonds. The third-order valence-corrected chi connectivity index (χ3v) is 4.73. The van der Waals surface area contributed by atoms with E-state index >= 15 is 0 Å². The molecule has 3 rings (SSSR count). The molecule has 1 aromatic heterocycles. The van der Waals surface area contributed by atoms with Crippen LogP contribution in [0.15, 0.2) is 10.6 Å². The molecule has 116 valence electrons. The van der Waals surface area contributed by atoms with Crippen LogP contribution >= 0.6 is 0 Å². The number of methoxy groups -OCH3 is 2. The molecule has 0 aromatic carbocycles. The van der Waals surface area contributed by atoms with Gasteiger partial charge in [0.05, 0.1) is 13.2 Å². The van der Waals surface area contributed by atoms with Crippen molar-refractivity contribution in [3.05, 3.63) is 11.8 Å². The Hall–Kier alpha value is -1.56. The van der Waals surface area contributed by atoms with Crippen LogP contribution in [0.3, 0.4) is 0 Å². The fraction of sp³-hybridized carbons (Fsp3) is 0.733. The number of rotatable bonds is 5. The highest BCUT2D eigenvalue weighted by atomic mass is 16.5. The molecular weight excluding hydrogens is 272 g/mol. The van der Waals surface area contributed by atoms with Crippen LogP contribution < -0.4 is 4.74 Å². The molecular formula is C15H22N2O4. The summed E-state index contributed by atoms with van der Waals surface area (Å²) < 4.78 is 15.5. The van der Waals surface area contributed by atoms with Gasteiger partial charge >= 0.3 is 0 Å². The van der Waals surface area contributed by atoms with Gasteiger partial charge in [-0.3, -0.25) is 4.79 Å². The van der Waals surface area contributed by atoms with E-state index in [1.54, 1.807) is 20.3 Å². The van der Waals surface area contributed by atoms with Gasteiger partial charge in [0.1, 0.15) is 5.76 Å². The smallest absolute Gasteiger partial charge is 0.254 e. The lowest BCUT2D eigenvalue weighted by molar-refractivity contribution is -0.130. The molecule has 1 aliphatic carbocycles. The Morgan fingerprint density at radius 2 is 2.10 bits per heavy atom. The van der Waals surface area contributed by atoms with Crippen molar-refractivity contribution in [1.29, 1.82) is 0 Å². The highest BCUT2D eigenvalue weighted by molar-refractivity contribution is 5.76. The summed E-state index contributed by atoms with van der Waals surface area (Å²) in [4.78, 5) is 14.3. The van der Waals surface area contributed by atoms with E-state index in [4.69, 9.17) is 14.0 Å². The summed E-state index contributed by atoms with van der Waals surface area (Å²) in [5.74, 6) is 2.58. The summed E-state index contributed by atoms with van der Waals surface area (Å²) in [6.07, 6.45) is 3.60. The first-order valence-electron chi connectivity index (χ1n) is 7.49. The van der Waals surface area contributed by atoms with Gasteiger partial charge in [-0.2, -0.15) is 0 Å². The van der Waals surface area contributed by atoms with E-state index in [1.165, 1.54) is 0 Å². The molecule has 2 fully saturated rings. The minimum atomic E-state index is 0.203. The van der Waals surface area contributed by atoms with Gasteiger partial charge in [-0.25, -0.2) is 0 Å². The molecule has 1 saturated carbocycles. The Bertz CT molecular complexity index is 488. The van der Waals surface area contributed by atoms with Crippen molar-refractivity contribution in [3.63, 3.8) is 0 Å². The van der Waals surface area contributed by atoms with Gasteiger partial charge in [-0.05, 0) is 29.8 Å². The van der Waals surface area contributed by atoms with Crippen LogP contribution in [0.2, 0.25) is 0 Å². The number of ether oxygens (including phenoxy) is 2. The van der Waals surface area contributed by atoms with E-state index in [9.17, 15) is 4.79 Å². The number of aromatic nitrogens is 1. The predicted molar refractivity (Wildman–Crippen MR) is 75.0 cm³/mol. The van der Waals surface area contributed by atoms with Gasteiger partial charge in [0.2, 0.25) is 5.91 Å². The zero-order valence-electron chi connectivity index (χ0n) is 12.6. The number of likely N-dealkylation sites (tertiary alicyclic amines) is 1. The Morgan fingerprint density at radius 3 is 2.67 bits per heavy atom. The molecule has 1 saturated heterocycles. The molecule has 3 atom stereocenters. The second kappa shape index (κ2) is 6.05. The average molecular weight is 294 g/mol. The monoisotopic (exact) mass is 294 g/mol. The normalized spacial score (nSPS) is 27.9. The Morgan fingerprint density at radius 1 is 1.38 bits per heavy atom. The standard InChI is InChI=1S/C15H22N2O4/c1-19-13-5-10-8-17(9-11(10)6-13)15(18)4-3-12-7-14(20-2)16-21-12/h7,10-11,13H,3-6,8-9H2,1-2H3/t10-,11+,13?. The molecule has 6 nitrogen and oxygen atoms in total. The molecule has 1 aromatic rings. The summed E-state index contributed by atoms with van der Waals surface area (Å²) in [7, 11) is 3.32. The minimum Gasteiger partial charge on any atom is -0.479 e. The molecule has 21 heavy (non-hydrogen) atoms. The summed E-state index contributed by atoms with van der Waals surface area (Å²) in [6.45, 7) is 1.76. The number of aryl methyl sites for hydroxylation is 1. The second-order valence-electron chi connectivity index (χ2n) is 5.98. The molecule has 2 aliphatic rings. The maximum Gasteiger partial charge on any atom is 0.254 e. The minimum absolute atomic E-state index is 0.203. The topological polar surface area (TPSA) is 64.8 Å². The number of carbonyl (C=O) groups excluding carboxylic acids is 1. The van der Waals surface area contributed by atoms with E-state index in [2.05, 4.69) is 5.16 Å². The van der Waals surface area contributed by atoms with Gasteiger partial charge < -0.3 is 18.9 Å². The first-order chi connectivity index (χ1) is 10.2. The van der Waals surface area contributed by atoms with Crippen molar-refractivity contribution >= 4 is 5.91 Å². The Kier molecular flexibility index (Phi) is 4.14. The van der Waals surface area contributed by atoms with Crippen molar-refractivity contribution in [2.45, 2.75) is 31.8 Å². The SMILES string of the molecule is COc1cc(CCC(=O)N2C[C@H]3CC(OC)C[C@H]3C2)on1. The summed E-state index contributed by atoms with van der Waals surface area (Å²) in [5, 5.41) is 3.74. The van der Waals surface area contributed by atoms with Gasteiger partial charge in [0.15, 0.2) is 0 Å². The van der Waals surface area contributed by atoms with E-state index < -0.39 is 0 Å². The number of carbonyl (C=O) groups is 1. The van der Waals surface area contributed by atoms with Crippen LogP contribution in [-0.4, -0.2) is 49.4 Å². The van der Waals surface area contributed by atoms with Gasteiger partial charge in [-0.15, -0.1) is 0 Å². The Balaban J connectivity index is 1.47. The van der Waals surface area contributed by atoms with Crippen molar-refractivity contribution in [1.82, 2.24) is 10.1 Å². The van der Waals surface area contributed by atoms with E-state index in [1.807, 2.05) is 4.90 Å². The molecule has 6 heteroatoms. The van der Waals surface area contributed by atoms with Gasteiger partial charge in [0.25, 0.3) is 5.88 Å². The molecule has 0 spiro atoms. The highest BCUT2D eigenvalue weighted by Crippen LogP contribution is 2.39. The van der Waals surface area contributed by atoms with Crippen molar-refractivity contribution in [2.24, 2.45) is 11.8 Å². The van der Waals surface area contributed by atoms with Crippen molar-refractivity contribution in [2.75, 3.05) is 27.3 Å². The highest BCUT2D eigenvalue weighted by Gasteiger charge is 2.42. The van der Waals surface area contributed by atoms with Crippen molar-refractivity contribution in [3.8, 4) is 5.88 Å². The summed E-state index contributed by atoms with van der Waals surface area (Å²) >= 11 is 0. The Labute approximate surface area is 124 Å². The first-order valence-corrected chi connectivity index (χ1v) is 7.49. The number of nitrogens with zero attached hydrogens (tertiary/aromatic N) is 2. The lowest BCUT2D eigenvalue weighted by Crippen LogP contribution is -2.30. The van der Waals surface area contributed by atoms with Crippen LogP contribution in [0.1, 0.15) is 25.0 Å². The maximum absolute atomic E-state index is 12.3. The lowest BCUT2D eigenvalue weighted by atomic mass is 10.0. The molecule has 1 aliphatic heterocycles. The molecule has 1 unspecified atom stereocenters. The van der Waals surface area contributed by atoms with E-state index in [0.717, 1.165) is 25.9 Å². The van der Waals surface area contributed by atoms with Crippen LogP contribution in [-0.2, 0) is 16.0 Å². The zero-order valence-corrected chi connectivity index (χ0v) is 12.6. The fourth-order valence-corrected chi connectivity index (χ4v) is 3.54. The van der Waals surface area contributed by atoms with E-state index in [-0.39, 0.29) is 5.91 Å². The lowest BCUT2D eigenvalue weighted by Gasteiger charge is -2.18. The largest absolute Gasteiger partial charge is 0.479 e. The summed E-state index contributed by atoms with van der Waals surface area (Å²) in [6, 6.07) is 1.73. The van der Waals surface area contributed by atoms with Crippen LogP contribution in [0, 0.1) is 11.8 Å². The quantitative estimate of drug-likeness (QED) is 0.823. The summed E-state index contributed by atoms with van der Waals surface area (Å²) in [5.41, 5.74) is 0. The fourth-order valence-electron chi connectivity index (χ4n) is 3.54. The van der Waals surface area contributed by atoms with Crippen LogP contribution in [0.25, 0.3) is 0 Å². The third-order valence-electron chi connectivity index (χ3n) is 4.73. The molecule has 0 radical (unpaired) electrons. The van der Waals surface area contributed by atoms with Crippen LogP contribution in [0.5, 0.6) is 5.88 Å². The molecule has 2 heterocycles. The number of fused-ring (bicyclic) bond motifs is 1. The number of hydrogen-bond acceptors (Lipinski definition) is 5. The average Bonchev–Trinajstić information content (AvgIpc) is 3.17. The predicted octanol–water partition coefficient (Wildman–Crippen LogP) is 1.50. The van der Waals surface area contributed by atoms with Gasteiger partial charge in [-0.1, -0.05) is 0 Å². The zero-order chi connectivity index (χ0) is 14.8. The maximum atomic E-state index is 12.3. The van der Waals surface area contributed by atoms with E-state index in [0.29, 0.717) is 42.4 Å². The van der Waals surface area contributed by atoms with Crippen LogP contribution in [0.4, 0.5) is 0 Å². The number of hydrogen-bond donors (Lipinski definition) is 0. The van der Waals surface area contributed by atoms with Gasteiger partial charge in [0, 0.05) is 39.1 Å². The number of amides is 1. The second-order valence-corrected chi connectivity index (χ2v) is 5.98. The van der Waals surface area contributed by atoms with Crippen molar-refractivity contribution < 1.29 is 18.8 Å². The molecule has 0 N–H and O–H groups in total. The first kappa shape index (κ1) is 14.4. The third kappa shape index (κ3) is 3.05.